The number of rotatable bonds is 10. The second-order valence-corrected chi connectivity index (χ2v) is 12.8. The van der Waals surface area contributed by atoms with Gasteiger partial charge in [-0.05, 0) is 66.3 Å². The lowest BCUT2D eigenvalue weighted by molar-refractivity contribution is 0.0732. The Hall–Kier alpha value is -4.62. The molecule has 0 saturated heterocycles. The molecule has 0 spiro atoms. The molecule has 0 aliphatic heterocycles. The smallest absolute Gasteiger partial charge is 0.343 e. The molecule has 1 atom stereocenters. The van der Waals surface area contributed by atoms with Crippen LogP contribution in [0.1, 0.15) is 88.1 Å². The molecule has 0 amide bonds. The Morgan fingerprint density at radius 3 is 2.15 bits per heavy atom. The molecular weight excluding hydrogens is 656 g/mol. The van der Waals surface area contributed by atoms with E-state index >= 15 is 0 Å². The molecule has 2 aliphatic rings. The first kappa shape index (κ1) is 33.7. The van der Waals surface area contributed by atoms with E-state index in [2.05, 4.69) is 49.4 Å². The van der Waals surface area contributed by atoms with E-state index in [9.17, 15) is 9.59 Å². The van der Waals surface area contributed by atoms with Crippen molar-refractivity contribution in [2.75, 3.05) is 14.2 Å². The molecule has 0 aromatic heterocycles. The zero-order valence-corrected chi connectivity index (χ0v) is 29.0. The summed E-state index contributed by atoms with van der Waals surface area (Å²) in [5.41, 5.74) is 5.11. The molecule has 4 aromatic rings. The summed E-state index contributed by atoms with van der Waals surface area (Å²) in [5, 5.41) is 0. The predicted octanol–water partition coefficient (Wildman–Crippen LogP) is 9.97. The van der Waals surface area contributed by atoms with Crippen molar-refractivity contribution >= 4 is 33.3 Å². The standard InChI is InChI=1S/C33H25BrO6.C7H14/c1-18-15-22-28-23(37-2)13-14-24(40-33(36)20-9-11-21(34)12-10-20)30(28)32(35)31-26(16-25(38-3)27(18)29(22)31)39-17-19-7-5-4-6-8-19;1-4-5-6-7(2)3/h4-16,18H,17H2,1-3H3;4,7H,1,5-6H2,2-3H3. The maximum atomic E-state index is 14.4. The Bertz CT molecular complexity index is 1820. The maximum Gasteiger partial charge on any atom is 0.343 e. The van der Waals surface area contributed by atoms with E-state index in [1.807, 2.05) is 36.4 Å². The summed E-state index contributed by atoms with van der Waals surface area (Å²) in [5.74, 6) is 1.66. The Labute approximate surface area is 285 Å². The summed E-state index contributed by atoms with van der Waals surface area (Å²) in [6, 6.07) is 21.7. The summed E-state index contributed by atoms with van der Waals surface area (Å²) in [6.07, 6.45) is 6.51. The van der Waals surface area contributed by atoms with Crippen LogP contribution in [-0.2, 0) is 6.61 Å². The molecule has 1 unspecified atom stereocenters. The first-order valence-electron chi connectivity index (χ1n) is 15.7. The molecule has 0 heterocycles. The fourth-order valence-corrected chi connectivity index (χ4v) is 6.15. The molecule has 0 N–H and O–H groups in total. The van der Waals surface area contributed by atoms with Gasteiger partial charge < -0.3 is 18.9 Å². The second-order valence-electron chi connectivity index (χ2n) is 11.9. The van der Waals surface area contributed by atoms with Crippen molar-refractivity contribution in [1.82, 2.24) is 0 Å². The lowest BCUT2D eigenvalue weighted by atomic mass is 9.80. The average Bonchev–Trinajstić information content (AvgIpc) is 3.42. The van der Waals surface area contributed by atoms with Gasteiger partial charge in [0, 0.05) is 33.1 Å². The number of methoxy groups -OCH3 is 2. The van der Waals surface area contributed by atoms with Crippen LogP contribution in [0.2, 0.25) is 0 Å². The van der Waals surface area contributed by atoms with Gasteiger partial charge in [-0.1, -0.05) is 79.2 Å². The van der Waals surface area contributed by atoms with Gasteiger partial charge in [0.2, 0.25) is 5.78 Å². The molecule has 6 nitrogen and oxygen atoms in total. The van der Waals surface area contributed by atoms with Crippen LogP contribution in [0.3, 0.4) is 0 Å². The molecule has 0 radical (unpaired) electrons. The summed E-state index contributed by atoms with van der Waals surface area (Å²) in [7, 11) is 3.17. The highest BCUT2D eigenvalue weighted by Crippen LogP contribution is 2.55. The van der Waals surface area contributed by atoms with Crippen molar-refractivity contribution in [3.05, 3.63) is 135 Å². The lowest BCUT2D eigenvalue weighted by Crippen LogP contribution is -2.20. The number of carbonyl (C=O) groups excluding carboxylic acids is 2. The zero-order chi connectivity index (χ0) is 33.7. The molecule has 47 heavy (non-hydrogen) atoms. The van der Waals surface area contributed by atoms with Crippen LogP contribution in [0.15, 0.2) is 96.0 Å². The van der Waals surface area contributed by atoms with Crippen molar-refractivity contribution in [1.29, 1.82) is 0 Å². The fourth-order valence-electron chi connectivity index (χ4n) is 5.88. The highest BCUT2D eigenvalue weighted by molar-refractivity contribution is 9.10. The summed E-state index contributed by atoms with van der Waals surface area (Å²) < 4.78 is 24.5. The van der Waals surface area contributed by atoms with Gasteiger partial charge in [0.25, 0.3) is 0 Å². The molecule has 242 valence electrons. The Kier molecular flexibility index (Phi) is 10.7. The fraction of sp³-hybridized carbons (Fsp3) is 0.250. The number of allylic oxidation sites excluding steroid dienone is 2. The number of fused-ring (bicyclic) bond motifs is 2. The van der Waals surface area contributed by atoms with Crippen LogP contribution in [0.5, 0.6) is 23.0 Å². The normalized spacial score (nSPS) is 13.9. The summed E-state index contributed by atoms with van der Waals surface area (Å²) >= 11 is 3.38. The first-order chi connectivity index (χ1) is 22.7. The second kappa shape index (κ2) is 14.9. The quantitative estimate of drug-likeness (QED) is 0.0823. The molecule has 0 saturated carbocycles. The van der Waals surface area contributed by atoms with Crippen LogP contribution < -0.4 is 18.9 Å². The molecule has 2 aliphatic carbocycles. The number of carbonyl (C=O) groups is 2. The van der Waals surface area contributed by atoms with Gasteiger partial charge in [0.05, 0.1) is 30.9 Å². The number of ether oxygens (including phenoxy) is 4. The topological polar surface area (TPSA) is 71.1 Å². The summed E-state index contributed by atoms with van der Waals surface area (Å²) in [4.78, 5) is 27.5. The largest absolute Gasteiger partial charge is 0.496 e. The predicted molar refractivity (Wildman–Crippen MR) is 189 cm³/mol. The van der Waals surface area contributed by atoms with Crippen molar-refractivity contribution in [2.45, 2.75) is 46.1 Å². The first-order valence-corrected chi connectivity index (χ1v) is 16.5. The zero-order valence-electron chi connectivity index (χ0n) is 27.4. The van der Waals surface area contributed by atoms with Gasteiger partial charge >= 0.3 is 5.97 Å². The number of esters is 1. The number of halogens is 1. The van der Waals surface area contributed by atoms with E-state index in [1.54, 1.807) is 56.7 Å². The molecule has 0 fully saturated rings. The van der Waals surface area contributed by atoms with Crippen LogP contribution in [-0.4, -0.2) is 26.0 Å². The Morgan fingerprint density at radius 2 is 1.53 bits per heavy atom. The van der Waals surface area contributed by atoms with E-state index in [1.165, 1.54) is 6.42 Å². The van der Waals surface area contributed by atoms with Gasteiger partial charge in [-0.3, -0.25) is 4.79 Å². The minimum Gasteiger partial charge on any atom is -0.496 e. The van der Waals surface area contributed by atoms with Gasteiger partial charge in [0.15, 0.2) is 0 Å². The van der Waals surface area contributed by atoms with Crippen molar-refractivity contribution in [3.63, 3.8) is 0 Å². The molecule has 6 rings (SSSR count). The maximum absolute atomic E-state index is 14.4. The minimum atomic E-state index is -0.566. The van der Waals surface area contributed by atoms with E-state index < -0.39 is 5.97 Å². The third-order valence-electron chi connectivity index (χ3n) is 8.19. The highest BCUT2D eigenvalue weighted by atomic mass is 79.9. The van der Waals surface area contributed by atoms with Crippen LogP contribution >= 0.6 is 15.9 Å². The third-order valence-corrected chi connectivity index (χ3v) is 8.72. The molecule has 4 aromatic carbocycles. The van der Waals surface area contributed by atoms with Gasteiger partial charge in [0.1, 0.15) is 29.6 Å². The van der Waals surface area contributed by atoms with E-state index in [0.717, 1.165) is 39.1 Å². The van der Waals surface area contributed by atoms with E-state index in [-0.39, 0.29) is 29.6 Å². The van der Waals surface area contributed by atoms with E-state index in [4.69, 9.17) is 18.9 Å². The summed E-state index contributed by atoms with van der Waals surface area (Å²) in [6.45, 7) is 10.4. The Morgan fingerprint density at radius 1 is 0.872 bits per heavy atom. The van der Waals surface area contributed by atoms with Crippen molar-refractivity contribution in [3.8, 4) is 23.0 Å². The van der Waals surface area contributed by atoms with Gasteiger partial charge in [-0.25, -0.2) is 4.79 Å². The SMILES string of the molecule is C=CCCC(C)C.COc1ccc(OC(=O)c2ccc(Br)cc2)c2c1C1=CC(C)c3c(OC)cc(OCc4ccccc4)c(c31)C2=O. The number of ketones is 1. The number of hydrogen-bond acceptors (Lipinski definition) is 6. The van der Waals surface area contributed by atoms with Crippen LogP contribution in [0.4, 0.5) is 0 Å². The molecule has 0 bridgehead atoms. The molecular formula is C40H39BrO6. The average molecular weight is 696 g/mol. The Balaban J connectivity index is 0.000000559. The molecule has 7 heteroatoms. The van der Waals surface area contributed by atoms with Crippen LogP contribution in [0, 0.1) is 5.92 Å². The monoisotopic (exact) mass is 694 g/mol. The minimum absolute atomic E-state index is 0.0284. The van der Waals surface area contributed by atoms with Gasteiger partial charge in [-0.2, -0.15) is 0 Å². The number of benzene rings is 4. The highest BCUT2D eigenvalue weighted by Gasteiger charge is 2.42. The van der Waals surface area contributed by atoms with Crippen LogP contribution in [0.25, 0.3) is 5.57 Å². The van der Waals surface area contributed by atoms with E-state index in [0.29, 0.717) is 33.9 Å². The van der Waals surface area contributed by atoms with Crippen molar-refractivity contribution in [2.24, 2.45) is 5.92 Å². The lowest BCUT2D eigenvalue weighted by Gasteiger charge is -2.27. The number of hydrogen-bond donors (Lipinski definition) is 0. The third kappa shape index (κ3) is 7.05. The van der Waals surface area contributed by atoms with Crippen molar-refractivity contribution < 1.29 is 28.5 Å². The van der Waals surface area contributed by atoms with Gasteiger partial charge in [-0.15, -0.1) is 6.58 Å².